The molecule has 0 aliphatic carbocycles. The van der Waals surface area contributed by atoms with E-state index in [0.717, 1.165) is 44.4 Å². The van der Waals surface area contributed by atoms with E-state index < -0.39 is 0 Å². The molecule has 3 rings (SSSR count). The van der Waals surface area contributed by atoms with Crippen LogP contribution < -0.4 is 15.4 Å². The lowest BCUT2D eigenvalue weighted by Crippen LogP contribution is -2.39. The van der Waals surface area contributed by atoms with Crippen molar-refractivity contribution in [1.82, 2.24) is 25.3 Å². The summed E-state index contributed by atoms with van der Waals surface area (Å²) in [5.41, 5.74) is 2.44. The normalized spacial score (nSPS) is 16.0. The lowest BCUT2D eigenvalue weighted by molar-refractivity contribution is 0.251. The predicted molar refractivity (Wildman–Crippen MR) is 117 cm³/mol. The minimum atomic E-state index is 0.261. The quantitative estimate of drug-likeness (QED) is 0.502. The molecule has 1 aliphatic heterocycles. The molecule has 0 amide bonds. The van der Waals surface area contributed by atoms with Gasteiger partial charge in [-0.2, -0.15) is 5.10 Å². The second-order valence-electron chi connectivity index (χ2n) is 7.46. The van der Waals surface area contributed by atoms with Crippen molar-refractivity contribution in [3.63, 3.8) is 0 Å². The summed E-state index contributed by atoms with van der Waals surface area (Å²) in [6.45, 7) is 9.53. The maximum atomic E-state index is 5.44. The van der Waals surface area contributed by atoms with Crippen molar-refractivity contribution >= 4 is 5.96 Å². The van der Waals surface area contributed by atoms with Crippen LogP contribution in [0.1, 0.15) is 36.9 Å². The summed E-state index contributed by atoms with van der Waals surface area (Å²) >= 11 is 0. The van der Waals surface area contributed by atoms with Crippen LogP contribution in [-0.4, -0.2) is 60.5 Å². The standard InChI is InChI=1S/C22H34N6O/c1-4-23-22(24-10-13-28-17-18(2)15-26-28)25-16-21(27-11-5-6-12-27)19-8-7-9-20(14-19)29-3/h7-9,14-15,17,21H,4-6,10-13,16H2,1-3H3,(H2,23,24,25). The van der Waals surface area contributed by atoms with E-state index in [2.05, 4.69) is 58.9 Å². The molecule has 1 fully saturated rings. The van der Waals surface area contributed by atoms with Gasteiger partial charge in [-0.05, 0) is 63.0 Å². The van der Waals surface area contributed by atoms with Crippen LogP contribution in [0.5, 0.6) is 5.75 Å². The van der Waals surface area contributed by atoms with Crippen molar-refractivity contribution in [3.05, 3.63) is 47.8 Å². The number of hydrogen-bond donors (Lipinski definition) is 2. The molecule has 0 bridgehead atoms. The number of nitrogens with one attached hydrogen (secondary N) is 2. The van der Waals surface area contributed by atoms with Gasteiger partial charge in [-0.3, -0.25) is 14.6 Å². The lowest BCUT2D eigenvalue weighted by Gasteiger charge is -2.27. The molecule has 29 heavy (non-hydrogen) atoms. The van der Waals surface area contributed by atoms with E-state index in [1.54, 1.807) is 7.11 Å². The fourth-order valence-electron chi connectivity index (χ4n) is 3.73. The number of aryl methyl sites for hydroxylation is 1. The number of hydrogen-bond acceptors (Lipinski definition) is 4. The summed E-state index contributed by atoms with van der Waals surface area (Å²) in [6.07, 6.45) is 6.45. The number of benzene rings is 1. The number of aromatic nitrogens is 2. The molecule has 0 saturated carbocycles. The highest BCUT2D eigenvalue weighted by Crippen LogP contribution is 2.27. The van der Waals surface area contributed by atoms with Gasteiger partial charge in [0.05, 0.1) is 32.4 Å². The number of ether oxygens (including phenoxy) is 1. The molecule has 1 atom stereocenters. The summed E-state index contributed by atoms with van der Waals surface area (Å²) in [5, 5.41) is 11.1. The molecule has 1 unspecified atom stereocenters. The summed E-state index contributed by atoms with van der Waals surface area (Å²) in [6, 6.07) is 8.64. The van der Waals surface area contributed by atoms with Gasteiger partial charge in [0.1, 0.15) is 5.75 Å². The van der Waals surface area contributed by atoms with Crippen molar-refractivity contribution in [3.8, 4) is 5.75 Å². The zero-order valence-corrected chi connectivity index (χ0v) is 17.9. The second kappa shape index (κ2) is 10.9. The van der Waals surface area contributed by atoms with Gasteiger partial charge in [0.25, 0.3) is 0 Å². The van der Waals surface area contributed by atoms with Crippen molar-refractivity contribution in [2.45, 2.75) is 39.3 Å². The number of rotatable bonds is 9. The van der Waals surface area contributed by atoms with Crippen molar-refractivity contribution in [2.24, 2.45) is 4.99 Å². The Morgan fingerprint density at radius 1 is 1.28 bits per heavy atom. The maximum absolute atomic E-state index is 5.44. The Hall–Kier alpha value is -2.54. The minimum Gasteiger partial charge on any atom is -0.497 e. The first-order valence-electron chi connectivity index (χ1n) is 10.6. The second-order valence-corrected chi connectivity index (χ2v) is 7.46. The fraction of sp³-hybridized carbons (Fsp3) is 0.545. The van der Waals surface area contributed by atoms with Gasteiger partial charge < -0.3 is 15.4 Å². The van der Waals surface area contributed by atoms with Crippen LogP contribution in [0.2, 0.25) is 0 Å². The van der Waals surface area contributed by atoms with Crippen LogP contribution in [0.25, 0.3) is 0 Å². The number of methoxy groups -OCH3 is 1. The van der Waals surface area contributed by atoms with Crippen LogP contribution >= 0.6 is 0 Å². The molecule has 7 nitrogen and oxygen atoms in total. The molecule has 1 aromatic carbocycles. The number of aliphatic imine (C=N–C) groups is 1. The zero-order valence-electron chi connectivity index (χ0n) is 17.9. The Morgan fingerprint density at radius 3 is 2.79 bits per heavy atom. The van der Waals surface area contributed by atoms with Gasteiger partial charge in [-0.1, -0.05) is 12.1 Å². The number of nitrogens with zero attached hydrogens (tertiary/aromatic N) is 4. The molecule has 2 aromatic rings. The Kier molecular flexibility index (Phi) is 7.93. The summed E-state index contributed by atoms with van der Waals surface area (Å²) in [4.78, 5) is 7.44. The third kappa shape index (κ3) is 6.22. The summed E-state index contributed by atoms with van der Waals surface area (Å²) < 4.78 is 7.39. The highest BCUT2D eigenvalue weighted by atomic mass is 16.5. The van der Waals surface area contributed by atoms with Gasteiger partial charge in [0.2, 0.25) is 0 Å². The van der Waals surface area contributed by atoms with Gasteiger partial charge in [-0.25, -0.2) is 0 Å². The molecule has 2 heterocycles. The SMILES string of the molecule is CCNC(=NCC(c1cccc(OC)c1)N1CCCC1)NCCn1cc(C)cn1. The van der Waals surface area contributed by atoms with E-state index in [-0.39, 0.29) is 6.04 Å². The molecule has 7 heteroatoms. The maximum Gasteiger partial charge on any atom is 0.191 e. The average Bonchev–Trinajstić information content (AvgIpc) is 3.40. The highest BCUT2D eigenvalue weighted by molar-refractivity contribution is 5.79. The fourth-order valence-corrected chi connectivity index (χ4v) is 3.73. The first-order chi connectivity index (χ1) is 14.2. The van der Waals surface area contributed by atoms with Crippen molar-refractivity contribution in [1.29, 1.82) is 0 Å². The van der Waals surface area contributed by atoms with Crippen molar-refractivity contribution in [2.75, 3.05) is 39.8 Å². The van der Waals surface area contributed by atoms with E-state index in [1.807, 2.05) is 16.9 Å². The number of likely N-dealkylation sites (tertiary alicyclic amines) is 1. The molecular formula is C22H34N6O. The van der Waals surface area contributed by atoms with Gasteiger partial charge in [-0.15, -0.1) is 0 Å². The molecule has 2 N–H and O–H groups in total. The monoisotopic (exact) mass is 398 g/mol. The van der Waals surface area contributed by atoms with E-state index in [0.29, 0.717) is 6.54 Å². The molecule has 0 radical (unpaired) electrons. The van der Waals surface area contributed by atoms with E-state index >= 15 is 0 Å². The molecule has 1 aromatic heterocycles. The first kappa shape index (κ1) is 21.2. The van der Waals surface area contributed by atoms with Crippen LogP contribution in [0.15, 0.2) is 41.7 Å². The van der Waals surface area contributed by atoms with E-state index in [9.17, 15) is 0 Å². The minimum absolute atomic E-state index is 0.261. The predicted octanol–water partition coefficient (Wildman–Crippen LogP) is 2.59. The smallest absolute Gasteiger partial charge is 0.191 e. The van der Waals surface area contributed by atoms with Crippen LogP contribution in [0.3, 0.4) is 0 Å². The van der Waals surface area contributed by atoms with E-state index in [1.165, 1.54) is 24.0 Å². The lowest BCUT2D eigenvalue weighted by atomic mass is 10.1. The Morgan fingerprint density at radius 2 is 2.10 bits per heavy atom. The molecule has 1 saturated heterocycles. The average molecular weight is 399 g/mol. The van der Waals surface area contributed by atoms with Crippen LogP contribution in [-0.2, 0) is 6.54 Å². The topological polar surface area (TPSA) is 66.7 Å². The van der Waals surface area contributed by atoms with Crippen LogP contribution in [0, 0.1) is 6.92 Å². The molecule has 0 spiro atoms. The van der Waals surface area contributed by atoms with Crippen molar-refractivity contribution < 1.29 is 4.74 Å². The third-order valence-corrected chi connectivity index (χ3v) is 5.22. The Balaban J connectivity index is 1.66. The molecular weight excluding hydrogens is 364 g/mol. The van der Waals surface area contributed by atoms with Gasteiger partial charge in [0.15, 0.2) is 5.96 Å². The first-order valence-corrected chi connectivity index (χ1v) is 10.6. The highest BCUT2D eigenvalue weighted by Gasteiger charge is 2.23. The summed E-state index contributed by atoms with van der Waals surface area (Å²) in [7, 11) is 1.72. The summed E-state index contributed by atoms with van der Waals surface area (Å²) in [5.74, 6) is 1.75. The molecule has 158 valence electrons. The number of guanidine groups is 1. The van der Waals surface area contributed by atoms with Gasteiger partial charge in [0, 0.05) is 19.3 Å². The third-order valence-electron chi connectivity index (χ3n) is 5.22. The van der Waals surface area contributed by atoms with E-state index in [4.69, 9.17) is 9.73 Å². The Bertz CT molecular complexity index is 781. The molecule has 1 aliphatic rings. The van der Waals surface area contributed by atoms with Gasteiger partial charge >= 0.3 is 0 Å². The van der Waals surface area contributed by atoms with Crippen LogP contribution in [0.4, 0.5) is 0 Å². The largest absolute Gasteiger partial charge is 0.497 e. The Labute approximate surface area is 174 Å². The zero-order chi connectivity index (χ0) is 20.5.